The van der Waals surface area contributed by atoms with E-state index in [9.17, 15) is 9.90 Å². The van der Waals surface area contributed by atoms with Crippen LogP contribution in [0.15, 0.2) is 53.0 Å². The molecule has 0 bridgehead atoms. The average molecular weight is 332 g/mol. The molecule has 0 aliphatic heterocycles. The molecule has 0 spiro atoms. The zero-order valence-electron chi connectivity index (χ0n) is 10.9. The third kappa shape index (κ3) is 3.96. The Morgan fingerprint density at radius 2 is 2.05 bits per heavy atom. The van der Waals surface area contributed by atoms with Gasteiger partial charge >= 0.3 is 0 Å². The molecule has 20 heavy (non-hydrogen) atoms. The maximum atomic E-state index is 11.8. The van der Waals surface area contributed by atoms with Crippen molar-refractivity contribution in [1.82, 2.24) is 0 Å². The number of carbonyl (C=O) groups is 1. The number of phenolic OH excluding ortho intramolecular Hbond substituents is 1. The first-order valence-electron chi connectivity index (χ1n) is 6.09. The van der Waals surface area contributed by atoms with Gasteiger partial charge in [0, 0.05) is 10.5 Å². The Bertz CT molecular complexity index is 665. The van der Waals surface area contributed by atoms with E-state index in [1.165, 1.54) is 6.08 Å². The van der Waals surface area contributed by atoms with Crippen LogP contribution in [0.5, 0.6) is 5.75 Å². The van der Waals surface area contributed by atoms with Gasteiger partial charge in [0.25, 0.3) is 0 Å². The van der Waals surface area contributed by atoms with E-state index in [1.807, 2.05) is 37.3 Å². The number of aromatic hydroxyl groups is 1. The van der Waals surface area contributed by atoms with Gasteiger partial charge in [-0.25, -0.2) is 0 Å². The topological polar surface area (TPSA) is 49.3 Å². The van der Waals surface area contributed by atoms with E-state index < -0.39 is 0 Å². The molecule has 2 aromatic rings. The van der Waals surface area contributed by atoms with Gasteiger partial charge in [0.15, 0.2) is 0 Å². The third-order valence-electron chi connectivity index (χ3n) is 2.69. The van der Waals surface area contributed by atoms with Crippen molar-refractivity contribution < 1.29 is 9.90 Å². The zero-order valence-corrected chi connectivity index (χ0v) is 12.5. The SMILES string of the molecule is Cc1ccc(NC(=O)/C=C/c2cccc(Br)c2)c(O)c1. The van der Waals surface area contributed by atoms with Crippen LogP contribution < -0.4 is 5.32 Å². The molecule has 0 radical (unpaired) electrons. The molecule has 0 aliphatic rings. The first-order chi connectivity index (χ1) is 9.54. The van der Waals surface area contributed by atoms with Gasteiger partial charge in [0.2, 0.25) is 5.91 Å². The van der Waals surface area contributed by atoms with Gasteiger partial charge in [-0.1, -0.05) is 34.1 Å². The number of hydrogen-bond acceptors (Lipinski definition) is 2. The molecule has 2 N–H and O–H groups in total. The summed E-state index contributed by atoms with van der Waals surface area (Å²) in [6, 6.07) is 12.7. The van der Waals surface area contributed by atoms with E-state index in [4.69, 9.17) is 0 Å². The summed E-state index contributed by atoms with van der Waals surface area (Å²) in [5, 5.41) is 12.4. The van der Waals surface area contributed by atoms with Gasteiger partial charge in [-0.3, -0.25) is 4.79 Å². The standard InChI is InChI=1S/C16H14BrNO2/c1-11-5-7-14(15(19)9-11)18-16(20)8-6-12-3-2-4-13(17)10-12/h2-10,19H,1H3,(H,18,20)/b8-6+. The van der Waals surface area contributed by atoms with E-state index in [2.05, 4.69) is 21.2 Å². The molecule has 4 heteroatoms. The number of hydrogen-bond donors (Lipinski definition) is 2. The molecule has 3 nitrogen and oxygen atoms in total. The second kappa shape index (κ2) is 6.39. The number of anilines is 1. The number of benzene rings is 2. The van der Waals surface area contributed by atoms with Crippen molar-refractivity contribution >= 4 is 33.6 Å². The molecular weight excluding hydrogens is 318 g/mol. The second-order valence-electron chi connectivity index (χ2n) is 4.40. The van der Waals surface area contributed by atoms with Crippen LogP contribution in [0.1, 0.15) is 11.1 Å². The summed E-state index contributed by atoms with van der Waals surface area (Å²) < 4.78 is 0.955. The number of carbonyl (C=O) groups excluding carboxylic acids is 1. The van der Waals surface area contributed by atoms with Crippen molar-refractivity contribution in [3.05, 3.63) is 64.1 Å². The van der Waals surface area contributed by atoms with Crippen LogP contribution in [0.3, 0.4) is 0 Å². The Kier molecular flexibility index (Phi) is 4.58. The van der Waals surface area contributed by atoms with Gasteiger partial charge in [0.1, 0.15) is 5.75 Å². The van der Waals surface area contributed by atoms with Crippen LogP contribution in [-0.4, -0.2) is 11.0 Å². The largest absolute Gasteiger partial charge is 0.506 e. The van der Waals surface area contributed by atoms with Crippen LogP contribution in [0.2, 0.25) is 0 Å². The van der Waals surface area contributed by atoms with Crippen molar-refractivity contribution in [3.8, 4) is 5.75 Å². The highest BCUT2D eigenvalue weighted by atomic mass is 79.9. The van der Waals surface area contributed by atoms with Gasteiger partial charge in [-0.15, -0.1) is 0 Å². The van der Waals surface area contributed by atoms with Crippen LogP contribution in [0.4, 0.5) is 5.69 Å². The number of aryl methyl sites for hydroxylation is 1. The molecule has 0 saturated carbocycles. The van der Waals surface area contributed by atoms with Crippen molar-refractivity contribution in [2.75, 3.05) is 5.32 Å². The Labute approximate surface area is 126 Å². The van der Waals surface area contributed by atoms with Gasteiger partial charge in [-0.05, 0) is 48.4 Å². The highest BCUT2D eigenvalue weighted by molar-refractivity contribution is 9.10. The van der Waals surface area contributed by atoms with E-state index in [0.29, 0.717) is 5.69 Å². The molecule has 0 aliphatic carbocycles. The lowest BCUT2D eigenvalue weighted by atomic mass is 10.2. The maximum absolute atomic E-state index is 11.8. The summed E-state index contributed by atoms with van der Waals surface area (Å²) in [5.74, 6) is -0.224. The molecule has 0 unspecified atom stereocenters. The predicted octanol–water partition coefficient (Wildman–Crippen LogP) is 4.12. The van der Waals surface area contributed by atoms with Gasteiger partial charge in [0.05, 0.1) is 5.69 Å². The second-order valence-corrected chi connectivity index (χ2v) is 5.31. The quantitative estimate of drug-likeness (QED) is 0.656. The zero-order chi connectivity index (χ0) is 14.5. The number of amides is 1. The molecule has 0 heterocycles. The van der Waals surface area contributed by atoms with E-state index in [1.54, 1.807) is 18.2 Å². The molecule has 0 atom stereocenters. The molecule has 2 rings (SSSR count). The summed E-state index contributed by atoms with van der Waals surface area (Å²) in [6.07, 6.45) is 3.15. The monoisotopic (exact) mass is 331 g/mol. The Hall–Kier alpha value is -2.07. The molecule has 1 amide bonds. The highest BCUT2D eigenvalue weighted by Gasteiger charge is 2.03. The number of halogens is 1. The molecule has 0 fully saturated rings. The number of rotatable bonds is 3. The summed E-state index contributed by atoms with van der Waals surface area (Å²) in [5.41, 5.74) is 2.26. The van der Waals surface area contributed by atoms with Crippen molar-refractivity contribution in [2.24, 2.45) is 0 Å². The summed E-state index contributed by atoms with van der Waals surface area (Å²) in [6.45, 7) is 1.87. The lowest BCUT2D eigenvalue weighted by Crippen LogP contribution is -2.07. The Morgan fingerprint density at radius 3 is 2.75 bits per heavy atom. The first kappa shape index (κ1) is 14.3. The van der Waals surface area contributed by atoms with Crippen molar-refractivity contribution in [3.63, 3.8) is 0 Å². The maximum Gasteiger partial charge on any atom is 0.248 e. The molecule has 102 valence electrons. The summed E-state index contributed by atoms with van der Waals surface area (Å²) in [7, 11) is 0. The minimum atomic E-state index is -0.288. The summed E-state index contributed by atoms with van der Waals surface area (Å²) >= 11 is 3.37. The van der Waals surface area contributed by atoms with Crippen LogP contribution >= 0.6 is 15.9 Å². The third-order valence-corrected chi connectivity index (χ3v) is 3.18. The van der Waals surface area contributed by atoms with E-state index in [-0.39, 0.29) is 11.7 Å². The average Bonchev–Trinajstić information content (AvgIpc) is 2.40. The van der Waals surface area contributed by atoms with Crippen LogP contribution in [0.25, 0.3) is 6.08 Å². The molecule has 2 aromatic carbocycles. The normalized spacial score (nSPS) is 10.7. The van der Waals surface area contributed by atoms with Crippen molar-refractivity contribution in [2.45, 2.75) is 6.92 Å². The lowest BCUT2D eigenvalue weighted by Gasteiger charge is -2.05. The summed E-state index contributed by atoms with van der Waals surface area (Å²) in [4.78, 5) is 11.8. The minimum Gasteiger partial charge on any atom is -0.506 e. The fraction of sp³-hybridized carbons (Fsp3) is 0.0625. The van der Waals surface area contributed by atoms with Crippen molar-refractivity contribution in [1.29, 1.82) is 0 Å². The number of nitrogens with one attached hydrogen (secondary N) is 1. The molecule has 0 aromatic heterocycles. The minimum absolute atomic E-state index is 0.0641. The highest BCUT2D eigenvalue weighted by Crippen LogP contribution is 2.23. The van der Waals surface area contributed by atoms with Gasteiger partial charge < -0.3 is 10.4 Å². The Balaban J connectivity index is 2.05. The van der Waals surface area contributed by atoms with E-state index in [0.717, 1.165) is 15.6 Å². The predicted molar refractivity (Wildman–Crippen MR) is 84.6 cm³/mol. The van der Waals surface area contributed by atoms with Crippen LogP contribution in [0, 0.1) is 6.92 Å². The lowest BCUT2D eigenvalue weighted by molar-refractivity contribution is -0.111. The van der Waals surface area contributed by atoms with E-state index >= 15 is 0 Å². The molecular formula is C16H14BrNO2. The number of phenols is 1. The van der Waals surface area contributed by atoms with Gasteiger partial charge in [-0.2, -0.15) is 0 Å². The smallest absolute Gasteiger partial charge is 0.248 e. The molecule has 0 saturated heterocycles. The fourth-order valence-electron chi connectivity index (χ4n) is 1.70. The fourth-order valence-corrected chi connectivity index (χ4v) is 2.12. The Morgan fingerprint density at radius 1 is 1.25 bits per heavy atom. The van der Waals surface area contributed by atoms with Crippen LogP contribution in [-0.2, 0) is 4.79 Å². The first-order valence-corrected chi connectivity index (χ1v) is 6.88.